The van der Waals surface area contributed by atoms with Crippen LogP contribution < -0.4 is 10.6 Å². The van der Waals surface area contributed by atoms with Gasteiger partial charge in [-0.2, -0.15) is 0 Å². The lowest BCUT2D eigenvalue weighted by atomic mass is 10.1. The molecule has 5 nitrogen and oxygen atoms in total. The van der Waals surface area contributed by atoms with E-state index in [1.54, 1.807) is 6.20 Å². The van der Waals surface area contributed by atoms with Crippen molar-refractivity contribution in [2.75, 3.05) is 17.2 Å². The first kappa shape index (κ1) is 11.3. The molecule has 0 aliphatic carbocycles. The molecule has 0 atom stereocenters. The van der Waals surface area contributed by atoms with Crippen LogP contribution in [0.1, 0.15) is 5.82 Å². The molecule has 100 valence electrons. The van der Waals surface area contributed by atoms with Gasteiger partial charge >= 0.3 is 0 Å². The molecule has 0 amide bonds. The van der Waals surface area contributed by atoms with E-state index in [2.05, 4.69) is 31.6 Å². The number of pyridine rings is 1. The van der Waals surface area contributed by atoms with Crippen molar-refractivity contribution >= 4 is 22.1 Å². The molecular formula is C15H15N5. The van der Waals surface area contributed by atoms with E-state index < -0.39 is 0 Å². The van der Waals surface area contributed by atoms with Gasteiger partial charge in [0.25, 0.3) is 0 Å². The van der Waals surface area contributed by atoms with E-state index in [-0.39, 0.29) is 0 Å². The zero-order valence-electron chi connectivity index (χ0n) is 11.0. The first-order valence-corrected chi connectivity index (χ1v) is 6.70. The summed E-state index contributed by atoms with van der Waals surface area (Å²) in [5.74, 6) is 1.09. The average Bonchev–Trinajstić information content (AvgIpc) is 2.95. The Kier molecular flexibility index (Phi) is 2.39. The topological polar surface area (TPSA) is 60.0 Å². The molecule has 0 fully saturated rings. The third kappa shape index (κ3) is 1.63. The van der Waals surface area contributed by atoms with Crippen molar-refractivity contribution in [1.82, 2.24) is 14.5 Å². The molecule has 20 heavy (non-hydrogen) atoms. The molecule has 3 aromatic rings. The number of fused-ring (bicyclic) bond motifs is 2. The predicted octanol–water partition coefficient (Wildman–Crippen LogP) is 2.03. The van der Waals surface area contributed by atoms with E-state index in [1.807, 2.05) is 24.7 Å². The van der Waals surface area contributed by atoms with Gasteiger partial charge in [-0.05, 0) is 12.1 Å². The van der Waals surface area contributed by atoms with Gasteiger partial charge in [0.15, 0.2) is 0 Å². The number of benzene rings is 1. The van der Waals surface area contributed by atoms with Gasteiger partial charge < -0.3 is 15.2 Å². The van der Waals surface area contributed by atoms with Crippen molar-refractivity contribution in [3.63, 3.8) is 0 Å². The number of nitrogens with zero attached hydrogens (tertiary/aromatic N) is 4. The van der Waals surface area contributed by atoms with Crippen molar-refractivity contribution in [3.8, 4) is 0 Å². The fourth-order valence-electron chi connectivity index (χ4n) is 2.84. The molecule has 4 rings (SSSR count). The Morgan fingerprint density at radius 2 is 2.05 bits per heavy atom. The quantitative estimate of drug-likeness (QED) is 0.684. The van der Waals surface area contributed by atoms with Gasteiger partial charge in [-0.15, -0.1) is 0 Å². The number of hydrogen-bond acceptors (Lipinski definition) is 4. The van der Waals surface area contributed by atoms with Crippen LogP contribution in [0.25, 0.3) is 10.8 Å². The third-order valence-corrected chi connectivity index (χ3v) is 3.92. The molecule has 0 unspecified atom stereocenters. The van der Waals surface area contributed by atoms with Gasteiger partial charge in [-0.1, -0.05) is 6.07 Å². The van der Waals surface area contributed by atoms with Crippen molar-refractivity contribution in [2.24, 2.45) is 0 Å². The number of imidazole rings is 1. The number of hydrogen-bond donors (Lipinski definition) is 1. The van der Waals surface area contributed by atoms with Crippen molar-refractivity contribution in [1.29, 1.82) is 0 Å². The van der Waals surface area contributed by atoms with Crippen LogP contribution in [0, 0.1) is 0 Å². The SMILES string of the molecule is Nc1c(N2CCn3ccnc3C2)ccc2cnccc12. The normalized spacial score (nSPS) is 14.5. The highest BCUT2D eigenvalue weighted by atomic mass is 15.2. The molecule has 2 N–H and O–H groups in total. The molecule has 2 aromatic heterocycles. The lowest BCUT2D eigenvalue weighted by molar-refractivity contribution is 0.560. The van der Waals surface area contributed by atoms with Crippen molar-refractivity contribution < 1.29 is 0 Å². The standard InChI is InChI=1S/C15H15N5/c16-15-12-3-4-17-9-11(12)1-2-13(15)20-8-7-19-6-5-18-14(19)10-20/h1-6,9H,7-8,10,16H2. The van der Waals surface area contributed by atoms with Crippen LogP contribution in [0.2, 0.25) is 0 Å². The second-order valence-corrected chi connectivity index (χ2v) is 5.05. The molecule has 0 bridgehead atoms. The first-order valence-electron chi connectivity index (χ1n) is 6.70. The zero-order valence-corrected chi connectivity index (χ0v) is 11.0. The van der Waals surface area contributed by atoms with E-state index in [0.29, 0.717) is 0 Å². The van der Waals surface area contributed by atoms with Crippen LogP contribution in [-0.4, -0.2) is 21.1 Å². The summed E-state index contributed by atoms with van der Waals surface area (Å²) in [5, 5.41) is 2.14. The minimum atomic E-state index is 0.799. The molecule has 3 heterocycles. The van der Waals surface area contributed by atoms with E-state index in [4.69, 9.17) is 5.73 Å². The second kappa shape index (κ2) is 4.23. The maximum absolute atomic E-state index is 6.35. The van der Waals surface area contributed by atoms with Gasteiger partial charge in [0.1, 0.15) is 5.82 Å². The molecule has 1 aromatic carbocycles. The van der Waals surface area contributed by atoms with Crippen LogP contribution in [0.3, 0.4) is 0 Å². The molecular weight excluding hydrogens is 250 g/mol. The maximum Gasteiger partial charge on any atom is 0.128 e. The number of nitrogen functional groups attached to an aromatic ring is 1. The number of aromatic nitrogens is 3. The van der Waals surface area contributed by atoms with Gasteiger partial charge in [0, 0.05) is 48.6 Å². The Morgan fingerprint density at radius 3 is 3.00 bits per heavy atom. The Morgan fingerprint density at radius 1 is 1.10 bits per heavy atom. The van der Waals surface area contributed by atoms with E-state index in [1.165, 1.54) is 0 Å². The lowest BCUT2D eigenvalue weighted by Gasteiger charge is -2.30. The van der Waals surface area contributed by atoms with Crippen LogP contribution in [0.4, 0.5) is 11.4 Å². The maximum atomic E-state index is 6.35. The summed E-state index contributed by atoms with van der Waals surface area (Å²) in [7, 11) is 0. The first-order chi connectivity index (χ1) is 9.83. The largest absolute Gasteiger partial charge is 0.397 e. The van der Waals surface area contributed by atoms with E-state index in [0.717, 1.165) is 47.6 Å². The molecule has 0 radical (unpaired) electrons. The predicted molar refractivity (Wildman–Crippen MR) is 79.4 cm³/mol. The summed E-state index contributed by atoms with van der Waals surface area (Å²) in [6.07, 6.45) is 7.51. The van der Waals surface area contributed by atoms with Gasteiger partial charge in [-0.25, -0.2) is 4.98 Å². The fourth-order valence-corrected chi connectivity index (χ4v) is 2.84. The summed E-state index contributed by atoms with van der Waals surface area (Å²) < 4.78 is 2.19. The monoisotopic (exact) mass is 265 g/mol. The minimum Gasteiger partial charge on any atom is -0.397 e. The lowest BCUT2D eigenvalue weighted by Crippen LogP contribution is -2.34. The number of nitrogens with two attached hydrogens (primary N) is 1. The van der Waals surface area contributed by atoms with Gasteiger partial charge in [-0.3, -0.25) is 4.98 Å². The Hall–Kier alpha value is -2.56. The highest BCUT2D eigenvalue weighted by Gasteiger charge is 2.19. The van der Waals surface area contributed by atoms with Crippen LogP contribution in [0.15, 0.2) is 43.0 Å². The van der Waals surface area contributed by atoms with Crippen LogP contribution in [-0.2, 0) is 13.1 Å². The van der Waals surface area contributed by atoms with E-state index in [9.17, 15) is 0 Å². The molecule has 0 saturated heterocycles. The smallest absolute Gasteiger partial charge is 0.128 e. The molecule has 5 heteroatoms. The highest BCUT2D eigenvalue weighted by molar-refractivity contribution is 5.98. The molecule has 0 spiro atoms. The molecule has 1 aliphatic heterocycles. The van der Waals surface area contributed by atoms with Crippen LogP contribution in [0.5, 0.6) is 0 Å². The number of anilines is 2. The van der Waals surface area contributed by atoms with Crippen molar-refractivity contribution in [2.45, 2.75) is 13.1 Å². The zero-order chi connectivity index (χ0) is 13.5. The summed E-state index contributed by atoms with van der Waals surface area (Å²) in [4.78, 5) is 10.8. The van der Waals surface area contributed by atoms with E-state index >= 15 is 0 Å². The summed E-state index contributed by atoms with van der Waals surface area (Å²) in [5.41, 5.74) is 8.25. The minimum absolute atomic E-state index is 0.799. The summed E-state index contributed by atoms with van der Waals surface area (Å²) in [6.45, 7) is 2.70. The van der Waals surface area contributed by atoms with Gasteiger partial charge in [0.2, 0.25) is 0 Å². The second-order valence-electron chi connectivity index (χ2n) is 5.05. The highest BCUT2D eigenvalue weighted by Crippen LogP contribution is 2.32. The van der Waals surface area contributed by atoms with Crippen molar-refractivity contribution in [3.05, 3.63) is 48.8 Å². The van der Waals surface area contributed by atoms with Crippen LogP contribution >= 0.6 is 0 Å². The molecule has 0 saturated carbocycles. The molecule has 1 aliphatic rings. The Balaban J connectivity index is 1.78. The Labute approximate surface area is 116 Å². The Bertz CT molecular complexity index is 777. The average molecular weight is 265 g/mol. The number of rotatable bonds is 1. The third-order valence-electron chi connectivity index (χ3n) is 3.92. The summed E-state index contributed by atoms with van der Waals surface area (Å²) >= 11 is 0. The summed E-state index contributed by atoms with van der Waals surface area (Å²) in [6, 6.07) is 6.13. The fraction of sp³-hybridized carbons (Fsp3) is 0.200. The van der Waals surface area contributed by atoms with Gasteiger partial charge in [0.05, 0.1) is 17.9 Å².